The van der Waals surface area contributed by atoms with Crippen LogP contribution in [-0.2, 0) is 32.6 Å². The fourth-order valence-electron chi connectivity index (χ4n) is 4.99. The first-order valence-corrected chi connectivity index (χ1v) is 18.5. The van der Waals surface area contributed by atoms with Gasteiger partial charge in [-0.3, -0.25) is 13.9 Å². The summed E-state index contributed by atoms with van der Waals surface area (Å²) >= 11 is 16.5. The Kier molecular flexibility index (Phi) is 13.3. The van der Waals surface area contributed by atoms with Crippen molar-refractivity contribution in [3.8, 4) is 5.75 Å². The molecular weight excluding hydrogens is 737 g/mol. The SMILES string of the molecule is CCOc1ccc(N(CC(=O)N(Cc2c(Cl)cccc2Cl)[C@H](Cc2ccccc2)C(=O)N[C@@H](C)CC)S(=O)(=O)c2ccc(Br)cc2)cc1. The average molecular weight is 776 g/mol. The van der Waals surface area contributed by atoms with Gasteiger partial charge >= 0.3 is 0 Å². The number of hydrogen-bond donors (Lipinski definition) is 1. The Morgan fingerprint density at radius 1 is 0.875 bits per heavy atom. The second-order valence-electron chi connectivity index (χ2n) is 11.1. The molecule has 0 aliphatic carbocycles. The van der Waals surface area contributed by atoms with Crippen LogP contribution in [-0.4, -0.2) is 50.4 Å². The summed E-state index contributed by atoms with van der Waals surface area (Å²) in [4.78, 5) is 30.0. The minimum absolute atomic E-state index is 0.0107. The molecule has 48 heavy (non-hydrogen) atoms. The largest absolute Gasteiger partial charge is 0.494 e. The smallest absolute Gasteiger partial charge is 0.264 e. The first kappa shape index (κ1) is 37.3. The van der Waals surface area contributed by atoms with Gasteiger partial charge in [0.05, 0.1) is 17.2 Å². The lowest BCUT2D eigenvalue weighted by Crippen LogP contribution is -2.54. The Bertz CT molecular complexity index is 1770. The van der Waals surface area contributed by atoms with E-state index in [2.05, 4.69) is 21.2 Å². The zero-order valence-electron chi connectivity index (χ0n) is 26.9. The molecule has 0 saturated carbocycles. The van der Waals surface area contributed by atoms with Crippen molar-refractivity contribution in [1.82, 2.24) is 10.2 Å². The Balaban J connectivity index is 1.84. The fourth-order valence-corrected chi connectivity index (χ4v) is 7.18. The van der Waals surface area contributed by atoms with Crippen LogP contribution in [0.4, 0.5) is 5.69 Å². The maximum Gasteiger partial charge on any atom is 0.264 e. The zero-order chi connectivity index (χ0) is 34.8. The summed E-state index contributed by atoms with van der Waals surface area (Å²) in [6, 6.07) is 25.7. The predicted molar refractivity (Wildman–Crippen MR) is 195 cm³/mol. The highest BCUT2D eigenvalue weighted by molar-refractivity contribution is 9.10. The summed E-state index contributed by atoms with van der Waals surface area (Å²) in [5.41, 5.74) is 1.50. The second kappa shape index (κ2) is 17.2. The van der Waals surface area contributed by atoms with Gasteiger partial charge in [-0.2, -0.15) is 0 Å². The van der Waals surface area contributed by atoms with Crippen molar-refractivity contribution in [2.45, 2.75) is 57.1 Å². The molecule has 0 aliphatic heterocycles. The molecule has 2 atom stereocenters. The van der Waals surface area contributed by atoms with Crippen LogP contribution in [0.2, 0.25) is 10.0 Å². The molecule has 0 aliphatic rings. The van der Waals surface area contributed by atoms with E-state index in [1.165, 1.54) is 17.0 Å². The molecular formula is C36H38BrCl2N3O5S. The second-order valence-corrected chi connectivity index (χ2v) is 14.7. The number of hydrogen-bond acceptors (Lipinski definition) is 5. The molecule has 0 radical (unpaired) electrons. The first-order chi connectivity index (χ1) is 22.9. The van der Waals surface area contributed by atoms with E-state index in [1.54, 1.807) is 54.6 Å². The summed E-state index contributed by atoms with van der Waals surface area (Å²) in [6.07, 6.45) is 0.838. The predicted octanol–water partition coefficient (Wildman–Crippen LogP) is 7.90. The van der Waals surface area contributed by atoms with Crippen LogP contribution in [0.15, 0.2) is 106 Å². The molecule has 0 bridgehead atoms. The normalized spacial score (nSPS) is 12.5. The molecule has 2 amide bonds. The van der Waals surface area contributed by atoms with Crippen molar-refractivity contribution >= 4 is 66.7 Å². The van der Waals surface area contributed by atoms with Crippen LogP contribution < -0.4 is 14.4 Å². The van der Waals surface area contributed by atoms with Gasteiger partial charge in [0.2, 0.25) is 11.8 Å². The minimum Gasteiger partial charge on any atom is -0.494 e. The number of ether oxygens (including phenoxy) is 1. The Morgan fingerprint density at radius 3 is 2.08 bits per heavy atom. The van der Waals surface area contributed by atoms with Crippen molar-refractivity contribution in [2.24, 2.45) is 0 Å². The molecule has 0 fully saturated rings. The molecule has 4 aromatic carbocycles. The molecule has 0 aromatic heterocycles. The molecule has 1 N–H and O–H groups in total. The summed E-state index contributed by atoms with van der Waals surface area (Å²) in [5.74, 6) is -0.456. The van der Waals surface area contributed by atoms with E-state index in [0.29, 0.717) is 38.9 Å². The van der Waals surface area contributed by atoms with Gasteiger partial charge in [0.15, 0.2) is 0 Å². The van der Waals surface area contributed by atoms with Gasteiger partial charge in [-0.05, 0) is 86.5 Å². The van der Waals surface area contributed by atoms with Crippen LogP contribution in [0, 0.1) is 0 Å². The number of carbonyl (C=O) groups excluding carboxylic acids is 2. The Hall–Kier alpha value is -3.57. The average Bonchev–Trinajstić information content (AvgIpc) is 3.07. The summed E-state index contributed by atoms with van der Waals surface area (Å²) < 4.78 is 35.8. The van der Waals surface area contributed by atoms with Crippen molar-refractivity contribution < 1.29 is 22.7 Å². The quantitative estimate of drug-likeness (QED) is 0.133. The van der Waals surface area contributed by atoms with Gasteiger partial charge in [0, 0.05) is 39.1 Å². The Labute approximate surface area is 301 Å². The number of anilines is 1. The van der Waals surface area contributed by atoms with Crippen molar-refractivity contribution in [3.05, 3.63) is 123 Å². The Morgan fingerprint density at radius 2 is 1.50 bits per heavy atom. The van der Waals surface area contributed by atoms with Crippen LogP contribution in [0.25, 0.3) is 0 Å². The number of carbonyl (C=O) groups is 2. The number of nitrogens with zero attached hydrogens (tertiary/aromatic N) is 2. The maximum absolute atomic E-state index is 14.7. The maximum atomic E-state index is 14.7. The topological polar surface area (TPSA) is 96.0 Å². The van der Waals surface area contributed by atoms with E-state index >= 15 is 0 Å². The molecule has 4 aromatic rings. The molecule has 0 saturated heterocycles. The molecule has 0 unspecified atom stereocenters. The fraction of sp³-hybridized carbons (Fsp3) is 0.278. The van der Waals surface area contributed by atoms with Crippen molar-refractivity contribution in [1.29, 1.82) is 0 Å². The van der Waals surface area contributed by atoms with Gasteiger partial charge in [-0.1, -0.05) is 82.5 Å². The molecule has 4 rings (SSSR count). The van der Waals surface area contributed by atoms with Crippen LogP contribution >= 0.6 is 39.1 Å². The lowest BCUT2D eigenvalue weighted by atomic mass is 10.0. The third-order valence-electron chi connectivity index (χ3n) is 7.78. The van der Waals surface area contributed by atoms with Gasteiger partial charge in [-0.25, -0.2) is 8.42 Å². The number of rotatable bonds is 15. The van der Waals surface area contributed by atoms with Crippen molar-refractivity contribution in [2.75, 3.05) is 17.5 Å². The van der Waals surface area contributed by atoms with E-state index in [-0.39, 0.29) is 35.5 Å². The number of halogens is 3. The highest BCUT2D eigenvalue weighted by Crippen LogP contribution is 2.30. The summed E-state index contributed by atoms with van der Waals surface area (Å²) in [6.45, 7) is 5.35. The highest BCUT2D eigenvalue weighted by atomic mass is 79.9. The van der Waals surface area contributed by atoms with Gasteiger partial charge in [0.25, 0.3) is 10.0 Å². The third kappa shape index (κ3) is 9.53. The first-order valence-electron chi connectivity index (χ1n) is 15.5. The monoisotopic (exact) mass is 773 g/mol. The van der Waals surface area contributed by atoms with E-state index in [4.69, 9.17) is 27.9 Å². The van der Waals surface area contributed by atoms with E-state index in [0.717, 1.165) is 9.87 Å². The van der Waals surface area contributed by atoms with E-state index < -0.39 is 28.5 Å². The van der Waals surface area contributed by atoms with Gasteiger partial charge in [-0.15, -0.1) is 0 Å². The van der Waals surface area contributed by atoms with Crippen LogP contribution in [0.5, 0.6) is 5.75 Å². The number of amides is 2. The molecule has 254 valence electrons. The van der Waals surface area contributed by atoms with Crippen molar-refractivity contribution in [3.63, 3.8) is 0 Å². The van der Waals surface area contributed by atoms with E-state index in [1.807, 2.05) is 51.1 Å². The standard InChI is InChI=1S/C36H38BrCl2N3O5S/c1-4-25(3)40-36(44)34(22-26-10-7-6-8-11-26)41(23-31-32(38)12-9-13-33(31)39)35(43)24-42(28-16-18-29(19-17-28)47-5-2)48(45,46)30-20-14-27(37)15-21-30/h6-21,25,34H,4-5,22-24H2,1-3H3,(H,40,44)/t25-,34+/m0/s1. The minimum atomic E-state index is -4.27. The van der Waals surface area contributed by atoms with Crippen LogP contribution in [0.1, 0.15) is 38.3 Å². The zero-order valence-corrected chi connectivity index (χ0v) is 30.8. The van der Waals surface area contributed by atoms with Gasteiger partial charge < -0.3 is 15.0 Å². The highest BCUT2D eigenvalue weighted by Gasteiger charge is 2.35. The molecule has 8 nitrogen and oxygen atoms in total. The number of benzene rings is 4. The van der Waals surface area contributed by atoms with Crippen LogP contribution in [0.3, 0.4) is 0 Å². The third-order valence-corrected chi connectivity index (χ3v) is 10.8. The molecule has 0 heterocycles. The lowest BCUT2D eigenvalue weighted by Gasteiger charge is -2.34. The molecule has 12 heteroatoms. The summed E-state index contributed by atoms with van der Waals surface area (Å²) in [5, 5.41) is 3.64. The molecule has 0 spiro atoms. The van der Waals surface area contributed by atoms with Gasteiger partial charge in [0.1, 0.15) is 18.3 Å². The number of sulfonamides is 1. The number of nitrogens with one attached hydrogen (secondary N) is 1. The van der Waals surface area contributed by atoms with E-state index in [9.17, 15) is 18.0 Å². The lowest BCUT2D eigenvalue weighted by molar-refractivity contribution is -0.140. The summed E-state index contributed by atoms with van der Waals surface area (Å²) in [7, 11) is -4.27.